The normalized spacial score (nSPS) is 20.4. The van der Waals surface area contributed by atoms with Gasteiger partial charge in [0.15, 0.2) is 6.04 Å². The summed E-state index contributed by atoms with van der Waals surface area (Å²) in [7, 11) is 1.67. The van der Waals surface area contributed by atoms with E-state index in [-0.39, 0.29) is 11.9 Å². The minimum absolute atomic E-state index is 0.00847. The second-order valence-electron chi connectivity index (χ2n) is 7.68. The molecule has 3 rings (SSSR count). The fourth-order valence-corrected chi connectivity index (χ4v) is 3.88. The first-order valence-corrected chi connectivity index (χ1v) is 10.3. The molecule has 0 bridgehead atoms. The third kappa shape index (κ3) is 5.81. The van der Waals surface area contributed by atoms with E-state index in [9.17, 15) is 4.79 Å². The van der Waals surface area contributed by atoms with Crippen LogP contribution in [0.3, 0.4) is 0 Å². The van der Waals surface area contributed by atoms with E-state index in [2.05, 4.69) is 54.7 Å². The summed E-state index contributed by atoms with van der Waals surface area (Å²) in [6.07, 6.45) is 0.840. The summed E-state index contributed by atoms with van der Waals surface area (Å²) in [4.78, 5) is 15.6. The van der Waals surface area contributed by atoms with E-state index >= 15 is 0 Å². The Bertz CT molecular complexity index is 725. The van der Waals surface area contributed by atoms with E-state index in [0.29, 0.717) is 6.54 Å². The van der Waals surface area contributed by atoms with Crippen LogP contribution >= 0.6 is 0 Å². The SMILES string of the molecule is COc1ccc(CCNC(=O)[C@H](C)[NH+]2CC[NH+](Cc3ccccc3)CC2)cc1. The van der Waals surface area contributed by atoms with Crippen molar-refractivity contribution in [2.75, 3.05) is 39.8 Å². The van der Waals surface area contributed by atoms with Crippen LogP contribution in [0.1, 0.15) is 18.1 Å². The molecule has 1 heterocycles. The number of quaternary nitrogens is 2. The van der Waals surface area contributed by atoms with E-state index in [4.69, 9.17) is 4.74 Å². The minimum atomic E-state index is 0.00847. The first kappa shape index (κ1) is 20.4. The molecule has 0 aliphatic carbocycles. The fourth-order valence-electron chi connectivity index (χ4n) is 3.88. The third-order valence-electron chi connectivity index (χ3n) is 5.77. The van der Waals surface area contributed by atoms with E-state index < -0.39 is 0 Å². The van der Waals surface area contributed by atoms with Gasteiger partial charge in [-0.15, -0.1) is 0 Å². The van der Waals surface area contributed by atoms with Gasteiger partial charge in [0, 0.05) is 12.1 Å². The molecule has 5 heteroatoms. The predicted octanol–water partition coefficient (Wildman–Crippen LogP) is -0.274. The first-order chi connectivity index (χ1) is 13.7. The molecule has 28 heavy (non-hydrogen) atoms. The molecular formula is C23H33N3O2+2. The van der Waals surface area contributed by atoms with Gasteiger partial charge in [0.2, 0.25) is 0 Å². The van der Waals surface area contributed by atoms with Crippen molar-refractivity contribution in [1.82, 2.24) is 5.32 Å². The van der Waals surface area contributed by atoms with Crippen molar-refractivity contribution in [3.63, 3.8) is 0 Å². The minimum Gasteiger partial charge on any atom is -0.497 e. The van der Waals surface area contributed by atoms with Crippen LogP contribution in [-0.4, -0.2) is 51.8 Å². The molecule has 1 aliphatic rings. The number of amides is 1. The Balaban J connectivity index is 1.37. The van der Waals surface area contributed by atoms with Crippen molar-refractivity contribution in [1.29, 1.82) is 0 Å². The van der Waals surface area contributed by atoms with Crippen LogP contribution in [0.25, 0.3) is 0 Å². The molecule has 1 atom stereocenters. The second kappa shape index (κ2) is 10.2. The fraction of sp³-hybridized carbons (Fsp3) is 0.435. The largest absolute Gasteiger partial charge is 0.497 e. The highest BCUT2D eigenvalue weighted by Gasteiger charge is 2.30. The van der Waals surface area contributed by atoms with Gasteiger partial charge in [-0.25, -0.2) is 0 Å². The predicted molar refractivity (Wildman–Crippen MR) is 111 cm³/mol. The van der Waals surface area contributed by atoms with Crippen LogP contribution in [0.5, 0.6) is 5.75 Å². The van der Waals surface area contributed by atoms with Crippen LogP contribution < -0.4 is 19.9 Å². The van der Waals surface area contributed by atoms with Gasteiger partial charge in [-0.05, 0) is 31.0 Å². The Kier molecular flexibility index (Phi) is 7.46. The molecular weight excluding hydrogens is 350 g/mol. The quantitative estimate of drug-likeness (QED) is 0.588. The molecule has 1 aliphatic heterocycles. The van der Waals surface area contributed by atoms with Gasteiger partial charge in [0.25, 0.3) is 5.91 Å². The molecule has 2 aromatic rings. The zero-order valence-electron chi connectivity index (χ0n) is 17.0. The number of carbonyl (C=O) groups excluding carboxylic acids is 1. The Morgan fingerprint density at radius 2 is 1.68 bits per heavy atom. The molecule has 0 aromatic heterocycles. The molecule has 3 N–H and O–H groups in total. The van der Waals surface area contributed by atoms with Gasteiger partial charge in [0.1, 0.15) is 38.5 Å². The lowest BCUT2D eigenvalue weighted by atomic mass is 10.1. The van der Waals surface area contributed by atoms with Crippen molar-refractivity contribution >= 4 is 5.91 Å². The van der Waals surface area contributed by atoms with E-state index in [1.54, 1.807) is 12.0 Å². The number of nitrogens with one attached hydrogen (secondary N) is 3. The molecule has 0 spiro atoms. The summed E-state index contributed by atoms with van der Waals surface area (Å²) in [5.74, 6) is 1.02. The molecule has 1 saturated heterocycles. The Morgan fingerprint density at radius 3 is 2.32 bits per heavy atom. The summed E-state index contributed by atoms with van der Waals surface area (Å²) in [5, 5.41) is 3.11. The molecule has 5 nitrogen and oxygen atoms in total. The van der Waals surface area contributed by atoms with Gasteiger partial charge in [-0.1, -0.05) is 42.5 Å². The highest BCUT2D eigenvalue weighted by Crippen LogP contribution is 2.11. The monoisotopic (exact) mass is 383 g/mol. The number of benzene rings is 2. The second-order valence-corrected chi connectivity index (χ2v) is 7.68. The van der Waals surface area contributed by atoms with Gasteiger partial charge >= 0.3 is 0 Å². The average molecular weight is 384 g/mol. The van der Waals surface area contributed by atoms with Gasteiger partial charge in [-0.3, -0.25) is 4.79 Å². The van der Waals surface area contributed by atoms with Crippen LogP contribution in [0.4, 0.5) is 0 Å². The number of hydrogen-bond donors (Lipinski definition) is 3. The van der Waals surface area contributed by atoms with Crippen molar-refractivity contribution < 1.29 is 19.3 Å². The summed E-state index contributed by atoms with van der Waals surface area (Å²) in [6, 6.07) is 18.7. The summed E-state index contributed by atoms with van der Waals surface area (Å²) >= 11 is 0. The lowest BCUT2D eigenvalue weighted by Crippen LogP contribution is -3.29. The van der Waals surface area contributed by atoms with Crippen molar-refractivity contribution in [2.45, 2.75) is 25.9 Å². The molecule has 0 unspecified atom stereocenters. The Labute approximate surface area is 168 Å². The first-order valence-electron chi connectivity index (χ1n) is 10.3. The van der Waals surface area contributed by atoms with Crippen LogP contribution in [0, 0.1) is 0 Å². The molecule has 150 valence electrons. The topological polar surface area (TPSA) is 47.2 Å². The summed E-state index contributed by atoms with van der Waals surface area (Å²) < 4.78 is 5.18. The van der Waals surface area contributed by atoms with Crippen molar-refractivity contribution in [3.8, 4) is 5.75 Å². The van der Waals surface area contributed by atoms with Gasteiger partial charge in [0.05, 0.1) is 7.11 Å². The highest BCUT2D eigenvalue weighted by atomic mass is 16.5. The smallest absolute Gasteiger partial charge is 0.278 e. The van der Waals surface area contributed by atoms with Crippen molar-refractivity contribution in [3.05, 3.63) is 65.7 Å². The number of carbonyl (C=O) groups is 1. The highest BCUT2D eigenvalue weighted by molar-refractivity contribution is 5.79. The molecule has 1 fully saturated rings. The molecule has 0 saturated carbocycles. The Hall–Kier alpha value is -2.37. The summed E-state index contributed by atoms with van der Waals surface area (Å²) in [5.41, 5.74) is 2.60. The zero-order valence-corrected chi connectivity index (χ0v) is 17.0. The third-order valence-corrected chi connectivity index (χ3v) is 5.77. The number of ether oxygens (including phenoxy) is 1. The van der Waals surface area contributed by atoms with Crippen molar-refractivity contribution in [2.24, 2.45) is 0 Å². The number of rotatable bonds is 8. The van der Waals surface area contributed by atoms with Gasteiger partial charge < -0.3 is 19.9 Å². The van der Waals surface area contributed by atoms with E-state index in [0.717, 1.165) is 44.9 Å². The van der Waals surface area contributed by atoms with Crippen LogP contribution in [0.2, 0.25) is 0 Å². The maximum Gasteiger partial charge on any atom is 0.278 e. The molecule has 1 amide bonds. The maximum absolute atomic E-state index is 12.5. The van der Waals surface area contributed by atoms with E-state index in [1.165, 1.54) is 16.0 Å². The zero-order chi connectivity index (χ0) is 19.8. The van der Waals surface area contributed by atoms with E-state index in [1.807, 2.05) is 12.1 Å². The Morgan fingerprint density at radius 1 is 1.00 bits per heavy atom. The summed E-state index contributed by atoms with van der Waals surface area (Å²) in [6.45, 7) is 8.15. The van der Waals surface area contributed by atoms with Crippen LogP contribution in [0.15, 0.2) is 54.6 Å². The number of methoxy groups -OCH3 is 1. The molecule has 0 radical (unpaired) electrons. The lowest BCUT2D eigenvalue weighted by Gasteiger charge is -2.32. The molecule has 2 aromatic carbocycles. The standard InChI is InChI=1S/C23H31N3O2/c1-19(23(27)24-13-12-20-8-10-22(28-2)11-9-20)26-16-14-25(15-17-26)18-21-6-4-3-5-7-21/h3-11,19H,12-18H2,1-2H3,(H,24,27)/p+2/t19-/m0/s1. The average Bonchev–Trinajstić information content (AvgIpc) is 2.75. The number of hydrogen-bond acceptors (Lipinski definition) is 2. The maximum atomic E-state index is 12.5. The van der Waals surface area contributed by atoms with Crippen LogP contribution in [-0.2, 0) is 17.8 Å². The van der Waals surface area contributed by atoms with Gasteiger partial charge in [-0.2, -0.15) is 0 Å². The lowest BCUT2D eigenvalue weighted by molar-refractivity contribution is -1.02. The number of piperazine rings is 1.